The van der Waals surface area contributed by atoms with Crippen LogP contribution in [0.25, 0.3) is 44.8 Å². The number of aryl methyl sites for hydroxylation is 2. The van der Waals surface area contributed by atoms with Crippen LogP contribution in [0.15, 0.2) is 78.9 Å². The summed E-state index contributed by atoms with van der Waals surface area (Å²) in [6.07, 6.45) is 13.7. The summed E-state index contributed by atoms with van der Waals surface area (Å²) in [5.74, 6) is 3.07. The first kappa shape index (κ1) is 41.3. The fourth-order valence-corrected chi connectivity index (χ4v) is 17.3. The average Bonchev–Trinajstić information content (AvgIpc) is 3.52. The van der Waals surface area contributed by atoms with Gasteiger partial charge in [0.25, 0.3) is 0 Å². The molecule has 1 aromatic heterocycles. The smallest absolute Gasteiger partial charge is 0.127 e. The molecule has 328 valence electrons. The standard InChI is InChI=1S/C60H71NO2/c1-35(2)40-14-16-43(47-18-37(5)20-49(53(47)62)59-26-39-24-55(7,31-59)29-56(8,25-39)32-59)45(22-40)51-12-11-13-52(61-51)46-23-41(36(3)4)15-17-44(46)48-19-38(6)21-50(54(48)63)60-28-42-27-57(9,33-60)30-58(42,10)34-60/h11-23,35-36,39,42,62-63H,24-34H2,1-10H3. The third-order valence-corrected chi connectivity index (χ3v) is 18.3. The van der Waals surface area contributed by atoms with E-state index in [-0.39, 0.29) is 10.8 Å². The van der Waals surface area contributed by atoms with E-state index >= 15 is 0 Å². The molecule has 5 aromatic rings. The van der Waals surface area contributed by atoms with Crippen molar-refractivity contribution in [2.24, 2.45) is 33.5 Å². The number of rotatable bonds is 8. The number of phenols is 2. The fraction of sp³-hybridized carbons (Fsp3) is 0.517. The molecule has 8 aliphatic carbocycles. The third kappa shape index (κ3) is 6.42. The van der Waals surface area contributed by atoms with E-state index in [1.807, 2.05) is 0 Å². The molecule has 0 amide bonds. The molecule has 0 aliphatic heterocycles. The van der Waals surface area contributed by atoms with Gasteiger partial charge in [-0.2, -0.15) is 0 Å². The Morgan fingerprint density at radius 1 is 0.492 bits per heavy atom. The van der Waals surface area contributed by atoms with Gasteiger partial charge in [-0.05, 0) is 200 Å². The topological polar surface area (TPSA) is 53.4 Å². The van der Waals surface area contributed by atoms with Crippen molar-refractivity contribution in [1.82, 2.24) is 4.98 Å². The maximum Gasteiger partial charge on any atom is 0.127 e. The number of pyridine rings is 1. The van der Waals surface area contributed by atoms with Gasteiger partial charge in [0.15, 0.2) is 0 Å². The van der Waals surface area contributed by atoms with E-state index in [0.29, 0.717) is 45.0 Å². The van der Waals surface area contributed by atoms with Crippen LogP contribution in [0.5, 0.6) is 11.5 Å². The predicted molar refractivity (Wildman–Crippen MR) is 261 cm³/mol. The van der Waals surface area contributed by atoms with Gasteiger partial charge in [0.2, 0.25) is 0 Å². The number of hydrogen-bond acceptors (Lipinski definition) is 3. The second-order valence-electron chi connectivity index (χ2n) is 25.0. The molecular weight excluding hydrogens is 767 g/mol. The van der Waals surface area contributed by atoms with Crippen LogP contribution in [0.1, 0.15) is 171 Å². The lowest BCUT2D eigenvalue weighted by Gasteiger charge is -2.65. The van der Waals surface area contributed by atoms with Gasteiger partial charge in [-0.25, -0.2) is 4.98 Å². The van der Waals surface area contributed by atoms with E-state index in [1.54, 1.807) is 0 Å². The zero-order valence-corrected chi connectivity index (χ0v) is 39.9. The van der Waals surface area contributed by atoms with Crippen molar-refractivity contribution in [3.8, 4) is 56.3 Å². The minimum absolute atomic E-state index is 0.00933. The lowest BCUT2D eigenvalue weighted by atomic mass is 9.39. The molecule has 63 heavy (non-hydrogen) atoms. The van der Waals surface area contributed by atoms with Crippen molar-refractivity contribution in [3.05, 3.63) is 112 Å². The molecule has 8 fully saturated rings. The molecule has 6 atom stereocenters. The van der Waals surface area contributed by atoms with Crippen LogP contribution >= 0.6 is 0 Å². The van der Waals surface area contributed by atoms with Crippen LogP contribution in [0.4, 0.5) is 0 Å². The molecule has 3 heteroatoms. The van der Waals surface area contributed by atoms with Gasteiger partial charge in [0.05, 0.1) is 11.4 Å². The zero-order valence-electron chi connectivity index (χ0n) is 39.9. The highest BCUT2D eigenvalue weighted by Gasteiger charge is 2.67. The maximum absolute atomic E-state index is 12.7. The largest absolute Gasteiger partial charge is 0.507 e. The Kier molecular flexibility index (Phi) is 8.92. The summed E-state index contributed by atoms with van der Waals surface area (Å²) in [6, 6.07) is 29.2. The molecule has 0 spiro atoms. The number of nitrogens with zero attached hydrogens (tertiary/aromatic N) is 1. The Bertz CT molecular complexity index is 2700. The second kappa shape index (κ2) is 13.6. The van der Waals surface area contributed by atoms with Crippen molar-refractivity contribution >= 4 is 0 Å². The molecule has 8 bridgehead atoms. The van der Waals surface area contributed by atoms with Gasteiger partial charge in [-0.1, -0.05) is 97.9 Å². The highest BCUT2D eigenvalue weighted by Crippen LogP contribution is 2.76. The van der Waals surface area contributed by atoms with Crippen molar-refractivity contribution in [1.29, 1.82) is 0 Å². The number of benzene rings is 4. The molecule has 0 radical (unpaired) electrons. The lowest BCUT2D eigenvalue weighted by molar-refractivity contribution is -0.110. The molecular formula is C60H71NO2. The summed E-state index contributed by atoms with van der Waals surface area (Å²) in [4.78, 5) is 5.61. The average molecular weight is 838 g/mol. The van der Waals surface area contributed by atoms with Crippen molar-refractivity contribution in [2.45, 2.75) is 163 Å². The summed E-state index contributed by atoms with van der Waals surface area (Å²) < 4.78 is 0. The van der Waals surface area contributed by atoms with E-state index in [0.717, 1.165) is 56.6 Å². The molecule has 3 nitrogen and oxygen atoms in total. The Labute approximate surface area is 378 Å². The van der Waals surface area contributed by atoms with Gasteiger partial charge in [0.1, 0.15) is 11.5 Å². The molecule has 0 saturated heterocycles. The summed E-state index contributed by atoms with van der Waals surface area (Å²) in [6.45, 7) is 23.6. The molecule has 8 saturated carbocycles. The minimum atomic E-state index is 0.00933. The number of phenolic OH excluding ortho intramolecular Hbond substituents is 2. The first-order valence-corrected chi connectivity index (χ1v) is 24.7. The van der Waals surface area contributed by atoms with Gasteiger partial charge < -0.3 is 10.2 Å². The van der Waals surface area contributed by atoms with E-state index < -0.39 is 0 Å². The van der Waals surface area contributed by atoms with Gasteiger partial charge >= 0.3 is 0 Å². The Hall–Kier alpha value is -4.37. The zero-order chi connectivity index (χ0) is 44.2. The number of aromatic hydroxyl groups is 2. The Balaban J connectivity index is 1.05. The van der Waals surface area contributed by atoms with Crippen molar-refractivity contribution < 1.29 is 10.2 Å². The summed E-state index contributed by atoms with van der Waals surface area (Å²) in [7, 11) is 0. The van der Waals surface area contributed by atoms with Crippen LogP contribution in [0.2, 0.25) is 0 Å². The Morgan fingerprint density at radius 3 is 1.41 bits per heavy atom. The van der Waals surface area contributed by atoms with Crippen LogP contribution in [-0.2, 0) is 10.8 Å². The van der Waals surface area contributed by atoms with E-state index in [2.05, 4.69) is 148 Å². The molecule has 1 heterocycles. The number of aromatic nitrogens is 1. The summed E-state index contributed by atoms with van der Waals surface area (Å²) in [5.41, 5.74) is 16.5. The molecule has 2 N–H and O–H groups in total. The molecule has 6 unspecified atom stereocenters. The van der Waals surface area contributed by atoms with Gasteiger partial charge in [-0.15, -0.1) is 0 Å². The summed E-state index contributed by atoms with van der Waals surface area (Å²) >= 11 is 0. The van der Waals surface area contributed by atoms with Crippen LogP contribution in [-0.4, -0.2) is 15.2 Å². The normalized spacial score (nSPS) is 33.7. The SMILES string of the molecule is Cc1cc(-c2ccc(C(C)C)cc2-c2cccc(-c3cc(C(C)C)ccc3-c3cc(C)cc(C45CC6CC(C)(C4)CC6(C)C5)c3O)n2)c(O)c(C23CC4CC(C)(CC(C)(C4)C2)C3)c1. The van der Waals surface area contributed by atoms with Crippen LogP contribution < -0.4 is 0 Å². The minimum Gasteiger partial charge on any atom is -0.507 e. The quantitative estimate of drug-likeness (QED) is 0.164. The van der Waals surface area contributed by atoms with Gasteiger partial charge in [0, 0.05) is 44.2 Å². The van der Waals surface area contributed by atoms with Gasteiger partial charge in [-0.3, -0.25) is 0 Å². The van der Waals surface area contributed by atoms with E-state index in [1.165, 1.54) is 104 Å². The summed E-state index contributed by atoms with van der Waals surface area (Å²) in [5, 5.41) is 25.4. The van der Waals surface area contributed by atoms with E-state index in [4.69, 9.17) is 4.98 Å². The molecule has 13 rings (SSSR count). The van der Waals surface area contributed by atoms with Crippen molar-refractivity contribution in [3.63, 3.8) is 0 Å². The Morgan fingerprint density at radius 2 is 0.968 bits per heavy atom. The fourth-order valence-electron chi connectivity index (χ4n) is 17.3. The highest BCUT2D eigenvalue weighted by molar-refractivity contribution is 5.90. The third-order valence-electron chi connectivity index (χ3n) is 18.3. The highest BCUT2D eigenvalue weighted by atomic mass is 16.3. The molecule has 8 aliphatic rings. The first-order chi connectivity index (χ1) is 29.7. The van der Waals surface area contributed by atoms with Crippen molar-refractivity contribution in [2.75, 3.05) is 0 Å². The van der Waals surface area contributed by atoms with E-state index in [9.17, 15) is 10.2 Å². The predicted octanol–water partition coefficient (Wildman–Crippen LogP) is 16.1. The monoisotopic (exact) mass is 838 g/mol. The first-order valence-electron chi connectivity index (χ1n) is 24.7. The molecule has 4 aromatic carbocycles. The second-order valence-corrected chi connectivity index (χ2v) is 25.0. The van der Waals surface area contributed by atoms with Crippen LogP contribution in [0, 0.1) is 47.3 Å². The van der Waals surface area contributed by atoms with Crippen LogP contribution in [0.3, 0.4) is 0 Å². The maximum atomic E-state index is 12.7. The lowest BCUT2D eigenvalue weighted by Crippen LogP contribution is -2.56. The number of hydrogen-bond donors (Lipinski definition) is 2.